The van der Waals surface area contributed by atoms with Gasteiger partial charge in [0.1, 0.15) is 5.75 Å². The third kappa shape index (κ3) is 6.23. The molecule has 0 spiro atoms. The Kier molecular flexibility index (Phi) is 7.01. The number of esters is 1. The van der Waals surface area contributed by atoms with Crippen molar-refractivity contribution in [3.8, 4) is 5.75 Å². The summed E-state index contributed by atoms with van der Waals surface area (Å²) in [5.74, 6) is -0.383. The number of carbonyl (C=O) groups is 2. The quantitative estimate of drug-likeness (QED) is 0.714. The van der Waals surface area contributed by atoms with Crippen molar-refractivity contribution in [2.24, 2.45) is 0 Å². The number of hydrogen-bond donors (Lipinski definition) is 1. The number of halogens is 1. The average molecular weight is 406 g/mol. The molecule has 0 radical (unpaired) electrons. The van der Waals surface area contributed by atoms with Gasteiger partial charge >= 0.3 is 5.97 Å². The van der Waals surface area contributed by atoms with Gasteiger partial charge in [-0.05, 0) is 43.7 Å². The van der Waals surface area contributed by atoms with Crippen LogP contribution in [0.25, 0.3) is 0 Å². The predicted octanol–water partition coefficient (Wildman–Crippen LogP) is 3.64. The van der Waals surface area contributed by atoms with Crippen molar-refractivity contribution < 1.29 is 19.1 Å². The molecule has 1 amide bonds. The van der Waals surface area contributed by atoms with Crippen molar-refractivity contribution in [1.82, 2.24) is 5.32 Å². The van der Waals surface area contributed by atoms with Crippen molar-refractivity contribution in [3.05, 3.63) is 64.6 Å². The molecule has 0 saturated carbocycles. The van der Waals surface area contributed by atoms with Crippen molar-refractivity contribution in [2.75, 3.05) is 6.61 Å². The van der Waals surface area contributed by atoms with Gasteiger partial charge in [-0.25, -0.2) is 4.79 Å². The summed E-state index contributed by atoms with van der Waals surface area (Å²) < 4.78 is 11.4. The normalized spacial score (nSPS) is 12.8. The summed E-state index contributed by atoms with van der Waals surface area (Å²) in [5.41, 5.74) is 0.962. The van der Waals surface area contributed by atoms with Crippen molar-refractivity contribution in [3.63, 3.8) is 0 Å². The van der Waals surface area contributed by atoms with Crippen LogP contribution in [0.3, 0.4) is 0 Å². The highest BCUT2D eigenvalue weighted by Gasteiger charge is 2.18. The number of carbonyl (C=O) groups excluding carboxylic acids is 2. The van der Waals surface area contributed by atoms with E-state index in [1.807, 2.05) is 49.4 Å². The van der Waals surface area contributed by atoms with E-state index in [9.17, 15) is 9.59 Å². The summed E-state index contributed by atoms with van der Waals surface area (Å²) in [7, 11) is 0. The van der Waals surface area contributed by atoms with E-state index in [0.717, 1.165) is 10.0 Å². The molecule has 0 aromatic heterocycles. The highest BCUT2D eigenvalue weighted by Crippen LogP contribution is 2.16. The molecule has 0 aliphatic rings. The molecular formula is C19H20BrNO4. The molecule has 0 heterocycles. The van der Waals surface area contributed by atoms with Crippen LogP contribution in [-0.4, -0.2) is 24.6 Å². The molecule has 0 aliphatic carbocycles. The fraction of sp³-hybridized carbons (Fsp3) is 0.263. The molecule has 0 saturated heterocycles. The standard InChI is InChI=1S/C19H20BrNO4/c1-13(15-8-10-16(20)11-9-15)21-18(22)12-24-19(23)14(2)25-17-6-4-3-5-7-17/h3-11,13-14H,12H2,1-2H3,(H,21,22)/t13-,14-/m1/s1. The van der Waals surface area contributed by atoms with Crippen LogP contribution in [0.15, 0.2) is 59.1 Å². The molecule has 2 atom stereocenters. The molecule has 2 aromatic rings. The van der Waals surface area contributed by atoms with Crippen LogP contribution in [0.2, 0.25) is 0 Å². The molecule has 132 valence electrons. The maximum absolute atomic E-state index is 11.9. The van der Waals surface area contributed by atoms with Gasteiger partial charge in [-0.3, -0.25) is 4.79 Å². The molecule has 2 rings (SSSR count). The van der Waals surface area contributed by atoms with Gasteiger partial charge in [0.05, 0.1) is 6.04 Å². The lowest BCUT2D eigenvalue weighted by Gasteiger charge is -2.16. The summed E-state index contributed by atoms with van der Waals surface area (Å²) in [6.45, 7) is 3.10. The van der Waals surface area contributed by atoms with E-state index in [1.165, 1.54) is 0 Å². The first-order valence-electron chi connectivity index (χ1n) is 7.89. The number of amides is 1. The van der Waals surface area contributed by atoms with E-state index in [4.69, 9.17) is 9.47 Å². The number of nitrogens with one attached hydrogen (secondary N) is 1. The molecule has 0 fully saturated rings. The molecule has 2 aromatic carbocycles. The summed E-state index contributed by atoms with van der Waals surface area (Å²) in [5, 5.41) is 2.79. The average Bonchev–Trinajstić information content (AvgIpc) is 2.61. The number of ether oxygens (including phenoxy) is 2. The first-order valence-corrected chi connectivity index (χ1v) is 8.68. The van der Waals surface area contributed by atoms with E-state index in [-0.39, 0.29) is 18.6 Å². The number of rotatable bonds is 7. The summed E-state index contributed by atoms with van der Waals surface area (Å²) in [4.78, 5) is 23.9. The zero-order valence-electron chi connectivity index (χ0n) is 14.1. The first-order chi connectivity index (χ1) is 12.0. The van der Waals surface area contributed by atoms with Crippen LogP contribution in [0, 0.1) is 0 Å². The van der Waals surface area contributed by atoms with Gasteiger partial charge in [0.2, 0.25) is 0 Å². The van der Waals surface area contributed by atoms with Gasteiger partial charge in [-0.1, -0.05) is 46.3 Å². The number of benzene rings is 2. The first kappa shape index (κ1) is 19.0. The topological polar surface area (TPSA) is 64.6 Å². The molecule has 0 bridgehead atoms. The van der Waals surface area contributed by atoms with E-state index < -0.39 is 12.1 Å². The molecule has 25 heavy (non-hydrogen) atoms. The SMILES string of the molecule is C[C@@H](Oc1ccccc1)C(=O)OCC(=O)N[C@H](C)c1ccc(Br)cc1. The smallest absolute Gasteiger partial charge is 0.347 e. The predicted molar refractivity (Wildman–Crippen MR) is 98.2 cm³/mol. The van der Waals surface area contributed by atoms with Crippen molar-refractivity contribution in [2.45, 2.75) is 26.0 Å². The fourth-order valence-electron chi connectivity index (χ4n) is 2.12. The van der Waals surface area contributed by atoms with Gasteiger partial charge in [-0.15, -0.1) is 0 Å². The van der Waals surface area contributed by atoms with Crippen LogP contribution in [0.1, 0.15) is 25.5 Å². The second kappa shape index (κ2) is 9.22. The molecule has 1 N–H and O–H groups in total. The molecule has 5 nitrogen and oxygen atoms in total. The Morgan fingerprint density at radius 1 is 1.04 bits per heavy atom. The molecule has 6 heteroatoms. The lowest BCUT2D eigenvalue weighted by molar-refractivity contribution is -0.154. The minimum atomic E-state index is -0.793. The van der Waals surface area contributed by atoms with E-state index in [2.05, 4.69) is 21.2 Å². The lowest BCUT2D eigenvalue weighted by atomic mass is 10.1. The Hall–Kier alpha value is -2.34. The maximum Gasteiger partial charge on any atom is 0.347 e. The van der Waals surface area contributed by atoms with E-state index in [1.54, 1.807) is 19.1 Å². The zero-order chi connectivity index (χ0) is 18.2. The van der Waals surface area contributed by atoms with Crippen LogP contribution < -0.4 is 10.1 Å². The Morgan fingerprint density at radius 2 is 1.68 bits per heavy atom. The highest BCUT2D eigenvalue weighted by molar-refractivity contribution is 9.10. The van der Waals surface area contributed by atoms with E-state index >= 15 is 0 Å². The Morgan fingerprint density at radius 3 is 2.32 bits per heavy atom. The van der Waals surface area contributed by atoms with Crippen LogP contribution >= 0.6 is 15.9 Å². The summed E-state index contributed by atoms with van der Waals surface area (Å²) in [6.07, 6.45) is -0.793. The monoisotopic (exact) mass is 405 g/mol. The fourth-order valence-corrected chi connectivity index (χ4v) is 2.39. The largest absolute Gasteiger partial charge is 0.479 e. The number of para-hydroxylation sites is 1. The molecular weight excluding hydrogens is 386 g/mol. The minimum Gasteiger partial charge on any atom is -0.479 e. The van der Waals surface area contributed by atoms with Gasteiger partial charge in [0, 0.05) is 4.47 Å². The lowest BCUT2D eigenvalue weighted by Crippen LogP contribution is -2.34. The van der Waals surface area contributed by atoms with Crippen LogP contribution in [0.4, 0.5) is 0 Å². The Bertz CT molecular complexity index is 703. The maximum atomic E-state index is 11.9. The molecule has 0 aliphatic heterocycles. The third-order valence-electron chi connectivity index (χ3n) is 3.48. The Labute approximate surface area is 155 Å². The van der Waals surface area contributed by atoms with Crippen molar-refractivity contribution in [1.29, 1.82) is 0 Å². The van der Waals surface area contributed by atoms with Gasteiger partial charge in [-0.2, -0.15) is 0 Å². The van der Waals surface area contributed by atoms with Crippen LogP contribution in [0.5, 0.6) is 5.75 Å². The van der Waals surface area contributed by atoms with E-state index in [0.29, 0.717) is 5.75 Å². The summed E-state index contributed by atoms with van der Waals surface area (Å²) >= 11 is 3.37. The van der Waals surface area contributed by atoms with Crippen molar-refractivity contribution >= 4 is 27.8 Å². The second-order valence-corrected chi connectivity index (χ2v) is 6.44. The van der Waals surface area contributed by atoms with Gasteiger partial charge in [0.15, 0.2) is 12.7 Å². The third-order valence-corrected chi connectivity index (χ3v) is 4.01. The van der Waals surface area contributed by atoms with Crippen LogP contribution in [-0.2, 0) is 14.3 Å². The van der Waals surface area contributed by atoms with Gasteiger partial charge < -0.3 is 14.8 Å². The zero-order valence-corrected chi connectivity index (χ0v) is 15.7. The molecule has 0 unspecified atom stereocenters. The minimum absolute atomic E-state index is 0.183. The second-order valence-electron chi connectivity index (χ2n) is 5.52. The number of hydrogen-bond acceptors (Lipinski definition) is 4. The Balaban J connectivity index is 1.76. The summed E-state index contributed by atoms with van der Waals surface area (Å²) in [6, 6.07) is 16.4. The highest BCUT2D eigenvalue weighted by atomic mass is 79.9. The van der Waals surface area contributed by atoms with Gasteiger partial charge in [0.25, 0.3) is 5.91 Å².